The minimum Gasteiger partial charge on any atom is -0.388 e. The fourth-order valence-corrected chi connectivity index (χ4v) is 1.91. The van der Waals surface area contributed by atoms with Crippen molar-refractivity contribution >= 4 is 7.82 Å². The van der Waals surface area contributed by atoms with E-state index in [2.05, 4.69) is 9.84 Å². The quantitative estimate of drug-likeness (QED) is 0.297. The minimum atomic E-state index is -4.69. The topological polar surface area (TPSA) is 149 Å². The summed E-state index contributed by atoms with van der Waals surface area (Å²) >= 11 is 0. The van der Waals surface area contributed by atoms with E-state index in [0.29, 0.717) is 0 Å². The summed E-state index contributed by atoms with van der Waals surface area (Å²) in [4.78, 5) is 17.0. The Morgan fingerprint density at radius 1 is 1.29 bits per heavy atom. The van der Waals surface area contributed by atoms with Gasteiger partial charge in [0.25, 0.3) is 0 Å². The van der Waals surface area contributed by atoms with Crippen LogP contribution >= 0.6 is 7.82 Å². The summed E-state index contributed by atoms with van der Waals surface area (Å²) in [5, 5.41) is 31.2. The van der Waals surface area contributed by atoms with Crippen LogP contribution in [0.1, 0.15) is 0 Å². The van der Waals surface area contributed by atoms with Gasteiger partial charge in [-0.3, -0.25) is 4.52 Å². The van der Waals surface area contributed by atoms with Crippen LogP contribution in [0.25, 0.3) is 0 Å². The molecule has 102 valence electrons. The van der Waals surface area contributed by atoms with Crippen LogP contribution in [0.5, 0.6) is 0 Å². The number of phosphoric acid groups is 1. The third kappa shape index (κ3) is 3.95. The Labute approximate surface area is 97.2 Å². The lowest BCUT2D eigenvalue weighted by Gasteiger charge is -2.40. The standard InChI is InChI=1S/C7H16NO8P/c1-8-4-6(10)5(9)3(16-7(4)11)2-15-17(12,13)14/h3-11H,2H2,1H3,(H2,12,13,14)/t3-,4?,5?,6-,7?/m1/s1. The van der Waals surface area contributed by atoms with E-state index in [0.717, 1.165) is 0 Å². The van der Waals surface area contributed by atoms with Crippen molar-refractivity contribution in [1.29, 1.82) is 0 Å². The first-order valence-corrected chi connectivity index (χ1v) is 6.36. The van der Waals surface area contributed by atoms with Crippen LogP contribution in [0, 0.1) is 0 Å². The van der Waals surface area contributed by atoms with Crippen LogP contribution in [0.3, 0.4) is 0 Å². The molecule has 10 heteroatoms. The number of hydrogen-bond acceptors (Lipinski definition) is 7. The van der Waals surface area contributed by atoms with Crippen molar-refractivity contribution in [1.82, 2.24) is 5.32 Å². The van der Waals surface area contributed by atoms with Crippen molar-refractivity contribution in [3.05, 3.63) is 0 Å². The Hall–Kier alpha value is -0.0900. The largest absolute Gasteiger partial charge is 0.469 e. The molecule has 17 heavy (non-hydrogen) atoms. The second-order valence-electron chi connectivity index (χ2n) is 3.65. The highest BCUT2D eigenvalue weighted by Crippen LogP contribution is 2.36. The first kappa shape index (κ1) is 15.0. The fourth-order valence-electron chi connectivity index (χ4n) is 1.57. The summed E-state index contributed by atoms with van der Waals surface area (Å²) in [6, 6.07) is -0.892. The molecule has 0 spiro atoms. The maximum absolute atomic E-state index is 10.5. The van der Waals surface area contributed by atoms with Crippen LogP contribution < -0.4 is 5.32 Å². The van der Waals surface area contributed by atoms with Crippen molar-refractivity contribution in [2.45, 2.75) is 30.6 Å². The number of likely N-dealkylation sites (N-methyl/N-ethyl adjacent to an activating group) is 1. The van der Waals surface area contributed by atoms with Crippen LogP contribution in [0.15, 0.2) is 0 Å². The molecule has 1 heterocycles. The molecule has 0 amide bonds. The van der Waals surface area contributed by atoms with E-state index in [1.165, 1.54) is 7.05 Å². The summed E-state index contributed by atoms with van der Waals surface area (Å²) in [5.41, 5.74) is 0. The summed E-state index contributed by atoms with van der Waals surface area (Å²) in [5.74, 6) is 0. The lowest BCUT2D eigenvalue weighted by Crippen LogP contribution is -2.62. The highest BCUT2D eigenvalue weighted by molar-refractivity contribution is 7.46. The molecule has 1 saturated heterocycles. The molecule has 9 nitrogen and oxygen atoms in total. The summed E-state index contributed by atoms with van der Waals surface area (Å²) in [6.45, 7) is -0.643. The predicted molar refractivity (Wildman–Crippen MR) is 53.7 cm³/mol. The number of ether oxygens (including phenoxy) is 1. The molecule has 0 bridgehead atoms. The zero-order chi connectivity index (χ0) is 13.2. The molecular weight excluding hydrogens is 257 g/mol. The first-order valence-electron chi connectivity index (χ1n) is 4.83. The van der Waals surface area contributed by atoms with E-state index in [9.17, 15) is 19.9 Å². The zero-order valence-corrected chi connectivity index (χ0v) is 9.90. The molecule has 0 aromatic rings. The lowest BCUT2D eigenvalue weighted by atomic mass is 9.97. The fraction of sp³-hybridized carbons (Fsp3) is 1.00. The Bertz CT molecular complexity index is 296. The average molecular weight is 273 g/mol. The summed E-state index contributed by atoms with van der Waals surface area (Å²) < 4.78 is 19.5. The second kappa shape index (κ2) is 5.70. The minimum absolute atomic E-state index is 0.643. The molecule has 1 rings (SSSR count). The van der Waals surface area contributed by atoms with Crippen LogP contribution in [-0.2, 0) is 13.8 Å². The van der Waals surface area contributed by atoms with Gasteiger partial charge in [-0.1, -0.05) is 0 Å². The van der Waals surface area contributed by atoms with Gasteiger partial charge in [0.2, 0.25) is 0 Å². The third-order valence-corrected chi connectivity index (χ3v) is 2.95. The number of aliphatic hydroxyl groups is 3. The molecule has 6 N–H and O–H groups in total. The highest BCUT2D eigenvalue weighted by Gasteiger charge is 2.43. The average Bonchev–Trinajstić information content (AvgIpc) is 2.21. The van der Waals surface area contributed by atoms with Crippen molar-refractivity contribution in [3.63, 3.8) is 0 Å². The van der Waals surface area contributed by atoms with Gasteiger partial charge in [-0.2, -0.15) is 0 Å². The normalized spacial score (nSPS) is 39.3. The number of phosphoric ester groups is 1. The molecule has 0 aromatic carbocycles. The van der Waals surface area contributed by atoms with Crippen molar-refractivity contribution in [3.8, 4) is 0 Å². The second-order valence-corrected chi connectivity index (χ2v) is 4.89. The first-order chi connectivity index (χ1) is 7.76. The predicted octanol–water partition coefficient (Wildman–Crippen LogP) is -2.88. The van der Waals surface area contributed by atoms with Gasteiger partial charge in [0, 0.05) is 0 Å². The van der Waals surface area contributed by atoms with E-state index in [1.54, 1.807) is 0 Å². The SMILES string of the molecule is CNC1C(O)O[C@H](COP(=O)(O)O)C(O)[C@@H]1O. The Morgan fingerprint density at radius 2 is 1.88 bits per heavy atom. The lowest BCUT2D eigenvalue weighted by molar-refractivity contribution is -0.252. The number of rotatable bonds is 4. The van der Waals surface area contributed by atoms with Gasteiger partial charge in [0.1, 0.15) is 18.3 Å². The molecule has 3 unspecified atom stereocenters. The maximum atomic E-state index is 10.5. The number of aliphatic hydroxyl groups excluding tert-OH is 3. The van der Waals surface area contributed by atoms with E-state index in [1.807, 2.05) is 0 Å². The van der Waals surface area contributed by atoms with Crippen molar-refractivity contribution in [2.75, 3.05) is 13.7 Å². The van der Waals surface area contributed by atoms with E-state index in [4.69, 9.17) is 14.5 Å². The monoisotopic (exact) mass is 273 g/mol. The van der Waals surface area contributed by atoms with E-state index < -0.39 is 45.1 Å². The molecule has 1 fully saturated rings. The van der Waals surface area contributed by atoms with Crippen molar-refractivity contribution < 1.29 is 38.9 Å². The van der Waals surface area contributed by atoms with Gasteiger partial charge < -0.3 is 35.2 Å². The molecule has 0 aromatic heterocycles. The number of hydrogen-bond donors (Lipinski definition) is 6. The van der Waals surface area contributed by atoms with Gasteiger partial charge in [-0.05, 0) is 7.05 Å². The van der Waals surface area contributed by atoms with Gasteiger partial charge >= 0.3 is 7.82 Å². The van der Waals surface area contributed by atoms with Crippen LogP contribution in [-0.4, -0.2) is 69.4 Å². The van der Waals surface area contributed by atoms with Crippen LogP contribution in [0.4, 0.5) is 0 Å². The Balaban J connectivity index is 2.61. The van der Waals surface area contributed by atoms with E-state index in [-0.39, 0.29) is 0 Å². The molecular formula is C7H16NO8P. The smallest absolute Gasteiger partial charge is 0.388 e. The molecule has 0 saturated carbocycles. The van der Waals surface area contributed by atoms with Gasteiger partial charge in [-0.15, -0.1) is 0 Å². The summed E-state index contributed by atoms with van der Waals surface area (Å²) in [7, 11) is -3.23. The van der Waals surface area contributed by atoms with Crippen molar-refractivity contribution in [2.24, 2.45) is 0 Å². The van der Waals surface area contributed by atoms with Gasteiger partial charge in [-0.25, -0.2) is 4.57 Å². The molecule has 0 aliphatic carbocycles. The Morgan fingerprint density at radius 3 is 2.35 bits per heavy atom. The molecule has 5 atom stereocenters. The molecule has 1 aliphatic heterocycles. The van der Waals surface area contributed by atoms with Gasteiger partial charge in [0.15, 0.2) is 6.29 Å². The Kier molecular flexibility index (Phi) is 5.02. The highest BCUT2D eigenvalue weighted by atomic mass is 31.2. The summed E-state index contributed by atoms with van der Waals surface area (Å²) in [6.07, 6.45) is -5.41. The third-order valence-electron chi connectivity index (χ3n) is 2.46. The maximum Gasteiger partial charge on any atom is 0.469 e. The van der Waals surface area contributed by atoms with E-state index >= 15 is 0 Å². The zero-order valence-electron chi connectivity index (χ0n) is 9.00. The van der Waals surface area contributed by atoms with Crippen LogP contribution in [0.2, 0.25) is 0 Å². The molecule has 1 aliphatic rings. The molecule has 0 radical (unpaired) electrons. The van der Waals surface area contributed by atoms with Gasteiger partial charge in [0.05, 0.1) is 12.6 Å². The number of nitrogens with one attached hydrogen (secondary N) is 1.